The largest absolute Gasteiger partial charge is 0.396 e. The third-order valence-electron chi connectivity index (χ3n) is 7.19. The van der Waals surface area contributed by atoms with Gasteiger partial charge in [-0.3, -0.25) is 15.1 Å². The molecule has 10 nitrogen and oxygen atoms in total. The number of aliphatic hydroxyl groups is 3. The highest BCUT2D eigenvalue weighted by Crippen LogP contribution is 2.37. The Morgan fingerprint density at radius 1 is 1.21 bits per heavy atom. The summed E-state index contributed by atoms with van der Waals surface area (Å²) in [4.78, 5) is 29.4. The number of aromatic nitrogens is 1. The number of nitrogens with one attached hydrogen (secondary N) is 2. The van der Waals surface area contributed by atoms with Crippen LogP contribution in [0.4, 0.5) is 0 Å². The zero-order valence-corrected chi connectivity index (χ0v) is 18.7. The molecule has 1 amide bonds. The molecule has 1 spiro atoms. The normalized spacial score (nSPS) is 34.3. The predicted octanol–water partition coefficient (Wildman–Crippen LogP) is -0.728. The van der Waals surface area contributed by atoms with Crippen molar-refractivity contribution in [2.24, 2.45) is 21.3 Å². The molecule has 4 aliphatic rings. The summed E-state index contributed by atoms with van der Waals surface area (Å²) < 4.78 is 0.966. The Bertz CT molecular complexity index is 1120. The number of para-hydroxylation sites is 1. The summed E-state index contributed by atoms with van der Waals surface area (Å²) in [6.07, 6.45) is -1.87. The fourth-order valence-corrected chi connectivity index (χ4v) is 6.25. The molecule has 174 valence electrons. The highest BCUT2D eigenvalue weighted by Gasteiger charge is 2.50. The predicted molar refractivity (Wildman–Crippen MR) is 123 cm³/mol. The quantitative estimate of drug-likeness (QED) is 0.398. The molecule has 2 saturated heterocycles. The highest BCUT2D eigenvalue weighted by molar-refractivity contribution is 7.18. The van der Waals surface area contributed by atoms with E-state index in [0.29, 0.717) is 17.4 Å². The fraction of sp³-hybridized carbons (Fsp3) is 0.545. The van der Waals surface area contributed by atoms with E-state index in [9.17, 15) is 20.1 Å². The van der Waals surface area contributed by atoms with Crippen LogP contribution in [0.15, 0.2) is 34.3 Å². The number of rotatable bonds is 3. The first-order valence-electron chi connectivity index (χ1n) is 11.2. The average Bonchev–Trinajstić information content (AvgIpc) is 3.27. The fourth-order valence-electron chi connectivity index (χ4n) is 5.18. The van der Waals surface area contributed by atoms with Gasteiger partial charge in [0, 0.05) is 44.1 Å². The molecule has 11 heteroatoms. The summed E-state index contributed by atoms with van der Waals surface area (Å²) in [5.41, 5.74) is 1.06. The summed E-state index contributed by atoms with van der Waals surface area (Å²) in [6.45, 7) is 3.33. The van der Waals surface area contributed by atoms with Crippen LogP contribution in [0.5, 0.6) is 0 Å². The summed E-state index contributed by atoms with van der Waals surface area (Å²) in [7, 11) is 0. The number of hydrogen-bond donors (Lipinski definition) is 5. The monoisotopic (exact) mass is 470 g/mol. The van der Waals surface area contributed by atoms with Crippen molar-refractivity contribution in [3.05, 3.63) is 29.3 Å². The lowest BCUT2D eigenvalue weighted by atomic mass is 9.74. The van der Waals surface area contributed by atoms with Gasteiger partial charge >= 0.3 is 0 Å². The van der Waals surface area contributed by atoms with Gasteiger partial charge in [0.05, 0.1) is 22.4 Å². The van der Waals surface area contributed by atoms with Crippen molar-refractivity contribution >= 4 is 39.3 Å². The highest BCUT2D eigenvalue weighted by atomic mass is 32.1. The van der Waals surface area contributed by atoms with Crippen LogP contribution < -0.4 is 10.6 Å². The number of likely N-dealkylation sites (tertiary alicyclic amines) is 1. The van der Waals surface area contributed by atoms with Crippen molar-refractivity contribution in [2.75, 3.05) is 32.8 Å². The van der Waals surface area contributed by atoms with Gasteiger partial charge in [0.25, 0.3) is 0 Å². The summed E-state index contributed by atoms with van der Waals surface area (Å²) in [5.74, 6) is -0.755. The second-order valence-electron chi connectivity index (χ2n) is 9.55. The Morgan fingerprint density at radius 3 is 2.67 bits per heavy atom. The molecule has 3 fully saturated rings. The molecule has 5 atom stereocenters. The minimum Gasteiger partial charge on any atom is -0.396 e. The van der Waals surface area contributed by atoms with E-state index in [-0.39, 0.29) is 23.8 Å². The van der Waals surface area contributed by atoms with Crippen LogP contribution in [0.2, 0.25) is 0 Å². The molecule has 0 radical (unpaired) electrons. The van der Waals surface area contributed by atoms with Crippen molar-refractivity contribution in [3.63, 3.8) is 0 Å². The second-order valence-corrected chi connectivity index (χ2v) is 10.6. The summed E-state index contributed by atoms with van der Waals surface area (Å²) >= 11 is 1.42. The van der Waals surface area contributed by atoms with E-state index in [1.54, 1.807) is 0 Å². The number of fused-ring (bicyclic) bond motifs is 1. The zero-order chi connectivity index (χ0) is 22.7. The van der Waals surface area contributed by atoms with Crippen LogP contribution in [0.25, 0.3) is 10.2 Å². The van der Waals surface area contributed by atoms with E-state index in [1.807, 2.05) is 29.2 Å². The van der Waals surface area contributed by atoms with Crippen LogP contribution in [0.3, 0.4) is 0 Å². The first-order chi connectivity index (χ1) is 16.0. The number of amidine groups is 1. The van der Waals surface area contributed by atoms with Gasteiger partial charge in [-0.05, 0) is 18.6 Å². The standard InChI is InChI=1S/C22H26N6O4S/c29-6-11-5-13(17(31)16(11)30)24-18-15(20-25-12-3-1-2-4-14(12)33-20)19(32)27-21(26-18)28-9-22(10-28)7-23-8-22/h1-4,11,13,15-17,23,29-31H,5-10H2,(H,24,26,27,32)/t11-,13-,15?,16-,17+/m1/s1. The number of carbonyl (C=O) groups excluding carboxylic acids is 1. The molecule has 5 N–H and O–H groups in total. The van der Waals surface area contributed by atoms with E-state index >= 15 is 0 Å². The molecule has 6 rings (SSSR count). The van der Waals surface area contributed by atoms with Gasteiger partial charge in [0.15, 0.2) is 0 Å². The molecule has 1 aromatic heterocycles. The van der Waals surface area contributed by atoms with E-state index < -0.39 is 30.1 Å². The zero-order valence-electron chi connectivity index (χ0n) is 17.9. The third-order valence-corrected chi connectivity index (χ3v) is 8.29. The molecule has 1 aliphatic carbocycles. The lowest BCUT2D eigenvalue weighted by Gasteiger charge is -2.57. The number of carbonyl (C=O) groups is 1. The van der Waals surface area contributed by atoms with Crippen molar-refractivity contribution < 1.29 is 20.1 Å². The molecule has 0 bridgehead atoms. The number of guanidine groups is 1. The van der Waals surface area contributed by atoms with E-state index in [1.165, 1.54) is 11.3 Å². The van der Waals surface area contributed by atoms with Crippen LogP contribution in [-0.2, 0) is 4.79 Å². The topological polar surface area (TPSA) is 143 Å². The first-order valence-corrected chi connectivity index (χ1v) is 12.0. The maximum atomic E-state index is 13.3. The molecule has 1 unspecified atom stereocenters. The van der Waals surface area contributed by atoms with Gasteiger partial charge in [-0.2, -0.15) is 4.99 Å². The van der Waals surface area contributed by atoms with Crippen LogP contribution in [0, 0.1) is 11.3 Å². The number of aliphatic imine (C=N–C) groups is 2. The Kier molecular flexibility index (Phi) is 5.00. The number of hydrogen-bond acceptors (Lipinski definition) is 9. The maximum absolute atomic E-state index is 13.3. The number of aliphatic hydroxyl groups excluding tert-OH is 3. The molecular formula is C22H26N6O4S. The summed E-state index contributed by atoms with van der Waals surface area (Å²) in [5, 5.41) is 37.1. The first kappa shape index (κ1) is 21.1. The Hall–Kier alpha value is -2.44. The van der Waals surface area contributed by atoms with Gasteiger partial charge in [0.1, 0.15) is 22.9 Å². The van der Waals surface area contributed by atoms with Crippen molar-refractivity contribution in [1.29, 1.82) is 0 Å². The average molecular weight is 471 g/mol. The molecule has 1 aromatic carbocycles. The smallest absolute Gasteiger partial charge is 0.244 e. The Morgan fingerprint density at radius 2 is 2.00 bits per heavy atom. The second kappa shape index (κ2) is 7.81. The lowest BCUT2D eigenvalue weighted by molar-refractivity contribution is -0.120. The van der Waals surface area contributed by atoms with Gasteiger partial charge < -0.3 is 25.5 Å². The molecule has 4 heterocycles. The van der Waals surface area contributed by atoms with Crippen LogP contribution >= 0.6 is 11.3 Å². The Balaban J connectivity index is 1.37. The van der Waals surface area contributed by atoms with Crippen LogP contribution in [0.1, 0.15) is 17.3 Å². The summed E-state index contributed by atoms with van der Waals surface area (Å²) in [6, 6.07) is 7.03. The van der Waals surface area contributed by atoms with Crippen molar-refractivity contribution in [1.82, 2.24) is 20.5 Å². The maximum Gasteiger partial charge on any atom is 0.244 e. The van der Waals surface area contributed by atoms with Crippen LogP contribution in [-0.4, -0.2) is 93.9 Å². The molecule has 33 heavy (non-hydrogen) atoms. The molecule has 2 aromatic rings. The SMILES string of the molecule is O=C1NC(N2CC3(CNC3)C2)=NC(=N[C@@H]2C[C@H](CO)[C@@H](O)[C@H]2O)C1c1nc2ccccc2s1. The molecular weight excluding hydrogens is 444 g/mol. The van der Waals surface area contributed by atoms with E-state index in [4.69, 9.17) is 4.99 Å². The van der Waals surface area contributed by atoms with Crippen molar-refractivity contribution in [3.8, 4) is 0 Å². The van der Waals surface area contributed by atoms with E-state index in [0.717, 1.165) is 36.4 Å². The number of benzene rings is 1. The molecule has 1 saturated carbocycles. The van der Waals surface area contributed by atoms with E-state index in [2.05, 4.69) is 20.6 Å². The van der Waals surface area contributed by atoms with Gasteiger partial charge in [-0.25, -0.2) is 4.98 Å². The van der Waals surface area contributed by atoms with Gasteiger partial charge in [-0.15, -0.1) is 11.3 Å². The number of amides is 1. The molecule has 3 aliphatic heterocycles. The van der Waals surface area contributed by atoms with Gasteiger partial charge in [-0.1, -0.05) is 12.1 Å². The van der Waals surface area contributed by atoms with Crippen molar-refractivity contribution in [2.45, 2.75) is 30.6 Å². The minimum absolute atomic E-state index is 0.236. The minimum atomic E-state index is -1.12. The number of nitrogens with zero attached hydrogens (tertiary/aromatic N) is 4. The number of thiazole rings is 1. The lowest BCUT2D eigenvalue weighted by Crippen LogP contribution is -2.73. The third kappa shape index (κ3) is 3.46. The Labute approximate surface area is 194 Å². The van der Waals surface area contributed by atoms with Gasteiger partial charge in [0.2, 0.25) is 11.9 Å².